The summed E-state index contributed by atoms with van der Waals surface area (Å²) in [7, 11) is -3.71. The van der Waals surface area contributed by atoms with E-state index >= 15 is 0 Å². The van der Waals surface area contributed by atoms with Crippen molar-refractivity contribution in [2.45, 2.75) is 19.4 Å². The van der Waals surface area contributed by atoms with E-state index in [1.807, 2.05) is 0 Å². The fourth-order valence-corrected chi connectivity index (χ4v) is 2.77. The zero-order valence-electron chi connectivity index (χ0n) is 10.2. The average molecular weight is 271 g/mol. The van der Waals surface area contributed by atoms with Crippen molar-refractivity contribution >= 4 is 15.8 Å². The Morgan fingerprint density at radius 3 is 2.44 bits per heavy atom. The normalized spacial score (nSPS) is 13.2. The summed E-state index contributed by atoms with van der Waals surface area (Å²) < 4.78 is 25.7. The number of Topliss-reactive ketones (excluding diaryl/α,β-unsaturated/α-hetero) is 1. The van der Waals surface area contributed by atoms with Gasteiger partial charge in [-0.1, -0.05) is 37.3 Å². The lowest BCUT2D eigenvalue weighted by molar-refractivity contribution is 0.102. The van der Waals surface area contributed by atoms with E-state index in [9.17, 15) is 13.2 Å². The van der Waals surface area contributed by atoms with E-state index in [4.69, 9.17) is 5.11 Å². The lowest BCUT2D eigenvalue weighted by Crippen LogP contribution is -2.39. The number of carbonyl (C=O) groups is 1. The molecule has 0 fully saturated rings. The monoisotopic (exact) mass is 271 g/mol. The van der Waals surface area contributed by atoms with Crippen molar-refractivity contribution in [2.75, 3.05) is 12.4 Å². The van der Waals surface area contributed by atoms with E-state index in [-0.39, 0.29) is 6.61 Å². The quantitative estimate of drug-likeness (QED) is 0.710. The van der Waals surface area contributed by atoms with Crippen LogP contribution in [0.15, 0.2) is 30.3 Å². The fraction of sp³-hybridized carbons (Fsp3) is 0.417. The number of aliphatic hydroxyl groups excluding tert-OH is 1. The van der Waals surface area contributed by atoms with E-state index in [1.54, 1.807) is 37.3 Å². The third kappa shape index (κ3) is 4.56. The highest BCUT2D eigenvalue weighted by atomic mass is 32.2. The highest BCUT2D eigenvalue weighted by molar-refractivity contribution is 7.90. The molecule has 0 saturated heterocycles. The second-order valence-electron chi connectivity index (χ2n) is 3.95. The van der Waals surface area contributed by atoms with Gasteiger partial charge in [0.05, 0.1) is 6.61 Å². The molecule has 100 valence electrons. The summed E-state index contributed by atoms with van der Waals surface area (Å²) in [6, 6.07) is 7.70. The highest BCUT2D eigenvalue weighted by Crippen LogP contribution is 2.03. The summed E-state index contributed by atoms with van der Waals surface area (Å²) in [4.78, 5) is 11.7. The maximum atomic E-state index is 11.7. The van der Waals surface area contributed by atoms with Gasteiger partial charge in [0, 0.05) is 11.6 Å². The first-order valence-electron chi connectivity index (χ1n) is 5.67. The Morgan fingerprint density at radius 2 is 1.94 bits per heavy atom. The van der Waals surface area contributed by atoms with Gasteiger partial charge in [-0.25, -0.2) is 13.1 Å². The van der Waals surface area contributed by atoms with Crippen LogP contribution in [-0.4, -0.2) is 37.7 Å². The molecule has 0 bridgehead atoms. The van der Waals surface area contributed by atoms with Crippen LogP contribution in [0.5, 0.6) is 0 Å². The third-order valence-corrected chi connectivity index (χ3v) is 3.81. The molecule has 0 heterocycles. The molecular weight excluding hydrogens is 254 g/mol. The van der Waals surface area contributed by atoms with Crippen molar-refractivity contribution in [2.24, 2.45) is 0 Å². The SMILES string of the molecule is CC[C@H](CO)NS(=O)(=O)CC(=O)c1ccccc1. The Kier molecular flexibility index (Phi) is 5.46. The van der Waals surface area contributed by atoms with Crippen LogP contribution < -0.4 is 4.72 Å². The summed E-state index contributed by atoms with van der Waals surface area (Å²) in [5.74, 6) is -1.07. The predicted octanol–water partition coefficient (Wildman–Crippen LogP) is 0.560. The molecule has 0 spiro atoms. The maximum Gasteiger partial charge on any atom is 0.219 e. The molecule has 5 nitrogen and oxygen atoms in total. The van der Waals surface area contributed by atoms with Crippen LogP contribution in [0.4, 0.5) is 0 Å². The minimum atomic E-state index is -3.71. The van der Waals surface area contributed by atoms with Crippen LogP contribution >= 0.6 is 0 Å². The van der Waals surface area contributed by atoms with Crippen molar-refractivity contribution in [3.8, 4) is 0 Å². The zero-order chi connectivity index (χ0) is 13.6. The number of hydrogen-bond acceptors (Lipinski definition) is 4. The van der Waals surface area contributed by atoms with Crippen molar-refractivity contribution in [3.05, 3.63) is 35.9 Å². The average Bonchev–Trinajstić information content (AvgIpc) is 2.36. The Hall–Kier alpha value is -1.24. The number of nitrogens with one attached hydrogen (secondary N) is 1. The molecule has 0 radical (unpaired) electrons. The lowest BCUT2D eigenvalue weighted by Gasteiger charge is -2.13. The fourth-order valence-electron chi connectivity index (χ4n) is 1.43. The van der Waals surface area contributed by atoms with Crippen LogP contribution in [0.1, 0.15) is 23.7 Å². The molecule has 1 aromatic carbocycles. The van der Waals surface area contributed by atoms with Crippen LogP contribution in [-0.2, 0) is 10.0 Å². The molecular formula is C12H17NO4S. The Labute approximate surface area is 107 Å². The van der Waals surface area contributed by atoms with E-state index < -0.39 is 27.6 Å². The summed E-state index contributed by atoms with van der Waals surface area (Å²) in [6.45, 7) is 1.47. The van der Waals surface area contributed by atoms with Gasteiger partial charge >= 0.3 is 0 Å². The molecule has 0 aliphatic rings. The second kappa shape index (κ2) is 6.63. The van der Waals surface area contributed by atoms with Gasteiger partial charge < -0.3 is 5.11 Å². The number of aliphatic hydroxyl groups is 1. The van der Waals surface area contributed by atoms with E-state index in [1.165, 1.54) is 0 Å². The molecule has 1 atom stereocenters. The summed E-state index contributed by atoms with van der Waals surface area (Å²) >= 11 is 0. The van der Waals surface area contributed by atoms with Crippen molar-refractivity contribution < 1.29 is 18.3 Å². The van der Waals surface area contributed by atoms with Gasteiger partial charge in [-0.05, 0) is 6.42 Å². The van der Waals surface area contributed by atoms with Gasteiger partial charge in [-0.2, -0.15) is 0 Å². The highest BCUT2D eigenvalue weighted by Gasteiger charge is 2.20. The molecule has 1 aromatic rings. The molecule has 0 aliphatic heterocycles. The molecule has 18 heavy (non-hydrogen) atoms. The number of rotatable bonds is 7. The van der Waals surface area contributed by atoms with E-state index in [0.717, 1.165) is 0 Å². The third-order valence-electron chi connectivity index (χ3n) is 2.48. The van der Waals surface area contributed by atoms with Crippen molar-refractivity contribution in [1.82, 2.24) is 4.72 Å². The van der Waals surface area contributed by atoms with Crippen LogP contribution in [0, 0.1) is 0 Å². The van der Waals surface area contributed by atoms with Crippen LogP contribution in [0.2, 0.25) is 0 Å². The van der Waals surface area contributed by atoms with Gasteiger partial charge in [-0.15, -0.1) is 0 Å². The van der Waals surface area contributed by atoms with Gasteiger partial charge in [0.1, 0.15) is 5.75 Å². The molecule has 2 N–H and O–H groups in total. The lowest BCUT2D eigenvalue weighted by atomic mass is 10.2. The minimum Gasteiger partial charge on any atom is -0.395 e. The first-order chi connectivity index (χ1) is 8.48. The largest absolute Gasteiger partial charge is 0.395 e. The summed E-state index contributed by atoms with van der Waals surface area (Å²) in [6.07, 6.45) is 0.468. The number of ketones is 1. The zero-order valence-corrected chi connectivity index (χ0v) is 11.0. The minimum absolute atomic E-state index is 0.282. The number of hydrogen-bond donors (Lipinski definition) is 2. The smallest absolute Gasteiger partial charge is 0.219 e. The van der Waals surface area contributed by atoms with E-state index in [2.05, 4.69) is 4.72 Å². The van der Waals surface area contributed by atoms with Crippen LogP contribution in [0.25, 0.3) is 0 Å². The molecule has 0 aromatic heterocycles. The predicted molar refractivity (Wildman–Crippen MR) is 68.9 cm³/mol. The van der Waals surface area contributed by atoms with Crippen molar-refractivity contribution in [1.29, 1.82) is 0 Å². The molecule has 0 aliphatic carbocycles. The number of carbonyl (C=O) groups excluding carboxylic acids is 1. The molecule has 0 amide bonds. The van der Waals surface area contributed by atoms with Gasteiger partial charge in [0.2, 0.25) is 10.0 Å². The molecule has 1 rings (SSSR count). The van der Waals surface area contributed by atoms with Gasteiger partial charge in [0.25, 0.3) is 0 Å². The van der Waals surface area contributed by atoms with Gasteiger partial charge in [0.15, 0.2) is 5.78 Å². The number of benzene rings is 1. The Bertz CT molecular complexity index is 480. The topological polar surface area (TPSA) is 83.5 Å². The Balaban J connectivity index is 2.69. The first-order valence-corrected chi connectivity index (χ1v) is 7.33. The standard InChI is InChI=1S/C12H17NO4S/c1-2-11(8-14)13-18(16,17)9-12(15)10-6-4-3-5-7-10/h3-7,11,13-14H,2,8-9H2,1H3/t11-/m1/s1. The maximum absolute atomic E-state index is 11.7. The van der Waals surface area contributed by atoms with Crippen molar-refractivity contribution in [3.63, 3.8) is 0 Å². The Morgan fingerprint density at radius 1 is 1.33 bits per heavy atom. The molecule has 0 saturated carbocycles. The second-order valence-corrected chi connectivity index (χ2v) is 5.71. The first kappa shape index (κ1) is 14.8. The molecule has 6 heteroatoms. The van der Waals surface area contributed by atoms with E-state index in [0.29, 0.717) is 12.0 Å². The summed E-state index contributed by atoms with van der Waals surface area (Å²) in [5.41, 5.74) is 0.361. The number of sulfonamides is 1. The van der Waals surface area contributed by atoms with Gasteiger partial charge in [-0.3, -0.25) is 4.79 Å². The molecule has 0 unspecified atom stereocenters. The summed E-state index contributed by atoms with van der Waals surface area (Å²) in [5, 5.41) is 8.93. The van der Waals surface area contributed by atoms with Crippen LogP contribution in [0.3, 0.4) is 0 Å².